The van der Waals surface area contributed by atoms with Crippen LogP contribution in [-0.4, -0.2) is 43.6 Å². The van der Waals surface area contributed by atoms with Gasteiger partial charge in [-0.05, 0) is 24.6 Å². The summed E-state index contributed by atoms with van der Waals surface area (Å²) in [6, 6.07) is 5.40. The summed E-state index contributed by atoms with van der Waals surface area (Å²) in [5, 5.41) is 19.7. The first-order valence-corrected chi connectivity index (χ1v) is 6.19. The second-order valence-electron chi connectivity index (χ2n) is 4.38. The van der Waals surface area contributed by atoms with Gasteiger partial charge in [0.05, 0.1) is 29.5 Å². The van der Waals surface area contributed by atoms with Crippen LogP contribution < -0.4 is 4.90 Å². The number of hydrogen-bond donors (Lipinski definition) is 2. The fourth-order valence-electron chi connectivity index (χ4n) is 1.75. The van der Waals surface area contributed by atoms with E-state index in [1.807, 2.05) is 24.1 Å². The summed E-state index contributed by atoms with van der Waals surface area (Å²) < 4.78 is 4.88. The van der Waals surface area contributed by atoms with Crippen molar-refractivity contribution in [2.24, 2.45) is 0 Å². The topological polar surface area (TPSA) is 52.9 Å². The average Bonchev–Trinajstić information content (AvgIpc) is 2.28. The van der Waals surface area contributed by atoms with Crippen LogP contribution in [0, 0.1) is 0 Å². The number of likely N-dealkylation sites (N-methyl/N-ethyl adjacent to an activating group) is 1. The summed E-state index contributed by atoms with van der Waals surface area (Å²) >= 11 is 6.16. The molecule has 0 amide bonds. The van der Waals surface area contributed by atoms with Crippen molar-refractivity contribution in [3.63, 3.8) is 0 Å². The predicted molar refractivity (Wildman–Crippen MR) is 73.2 cm³/mol. The minimum Gasteiger partial charge on any atom is -0.389 e. The first-order valence-electron chi connectivity index (χ1n) is 5.81. The third kappa shape index (κ3) is 4.14. The Labute approximate surface area is 113 Å². The number of halogens is 1. The smallest absolute Gasteiger partial charge is 0.0947 e. The van der Waals surface area contributed by atoms with Gasteiger partial charge in [0, 0.05) is 20.7 Å². The average molecular weight is 274 g/mol. The molecule has 0 saturated heterocycles. The Morgan fingerprint density at radius 1 is 1.39 bits per heavy atom. The molecule has 2 atom stereocenters. The van der Waals surface area contributed by atoms with Crippen LogP contribution in [0.5, 0.6) is 0 Å². The summed E-state index contributed by atoms with van der Waals surface area (Å²) in [5.74, 6) is 0. The normalized spacial score (nSPS) is 14.3. The number of benzene rings is 1. The van der Waals surface area contributed by atoms with E-state index in [0.717, 1.165) is 11.3 Å². The zero-order valence-electron chi connectivity index (χ0n) is 10.9. The standard InChI is InChI=1S/C13H20ClNO3/c1-9(16)10-4-5-13(12(14)6-10)15(2)7-11(17)8-18-3/h4-6,9,11,16-17H,7-8H2,1-3H3/t9-,11?/m0/s1. The Balaban J connectivity index is 2.77. The maximum atomic E-state index is 9.66. The molecule has 18 heavy (non-hydrogen) atoms. The van der Waals surface area contributed by atoms with Crippen molar-refractivity contribution < 1.29 is 14.9 Å². The number of rotatable bonds is 6. The van der Waals surface area contributed by atoms with Crippen molar-refractivity contribution in [1.29, 1.82) is 0 Å². The highest BCUT2D eigenvalue weighted by Gasteiger charge is 2.12. The number of hydrogen-bond acceptors (Lipinski definition) is 4. The lowest BCUT2D eigenvalue weighted by molar-refractivity contribution is 0.0695. The Kier molecular flexibility index (Phi) is 5.88. The number of methoxy groups -OCH3 is 1. The maximum Gasteiger partial charge on any atom is 0.0947 e. The lowest BCUT2D eigenvalue weighted by atomic mass is 10.1. The van der Waals surface area contributed by atoms with Gasteiger partial charge in [-0.3, -0.25) is 0 Å². The fraction of sp³-hybridized carbons (Fsp3) is 0.538. The summed E-state index contributed by atoms with van der Waals surface area (Å²) in [5.41, 5.74) is 1.59. The first kappa shape index (κ1) is 15.2. The van der Waals surface area contributed by atoms with Gasteiger partial charge in [-0.1, -0.05) is 17.7 Å². The molecule has 1 aromatic carbocycles. The van der Waals surface area contributed by atoms with Crippen LogP contribution in [0.4, 0.5) is 5.69 Å². The van der Waals surface area contributed by atoms with Crippen LogP contribution in [0.2, 0.25) is 5.02 Å². The molecule has 0 radical (unpaired) electrons. The fourth-order valence-corrected chi connectivity index (χ4v) is 2.09. The van der Waals surface area contributed by atoms with E-state index in [-0.39, 0.29) is 6.61 Å². The highest BCUT2D eigenvalue weighted by molar-refractivity contribution is 6.33. The zero-order chi connectivity index (χ0) is 13.7. The molecule has 4 nitrogen and oxygen atoms in total. The van der Waals surface area contributed by atoms with Gasteiger partial charge >= 0.3 is 0 Å². The van der Waals surface area contributed by atoms with E-state index in [9.17, 15) is 10.2 Å². The summed E-state index contributed by atoms with van der Waals surface area (Å²) in [6.45, 7) is 2.41. The predicted octanol–water partition coefficient (Wildman–Crippen LogP) is 1.84. The van der Waals surface area contributed by atoms with E-state index in [2.05, 4.69) is 0 Å². The van der Waals surface area contributed by atoms with Gasteiger partial charge in [-0.15, -0.1) is 0 Å². The number of nitrogens with zero attached hydrogens (tertiary/aromatic N) is 1. The molecule has 0 heterocycles. The minimum absolute atomic E-state index is 0.285. The molecule has 1 unspecified atom stereocenters. The molecule has 1 rings (SSSR count). The lowest BCUT2D eigenvalue weighted by Gasteiger charge is -2.24. The largest absolute Gasteiger partial charge is 0.389 e. The molecule has 0 aliphatic rings. The Morgan fingerprint density at radius 3 is 2.56 bits per heavy atom. The Hall–Kier alpha value is -0.810. The zero-order valence-corrected chi connectivity index (χ0v) is 11.7. The molecule has 5 heteroatoms. The van der Waals surface area contributed by atoms with Gasteiger partial charge in [0.2, 0.25) is 0 Å². The molecule has 0 saturated carbocycles. The number of aliphatic hydroxyl groups excluding tert-OH is 2. The van der Waals surface area contributed by atoms with Crippen LogP contribution >= 0.6 is 11.6 Å². The van der Waals surface area contributed by atoms with E-state index in [4.69, 9.17) is 16.3 Å². The molecule has 0 aliphatic heterocycles. The van der Waals surface area contributed by atoms with Crippen LogP contribution in [-0.2, 0) is 4.74 Å². The van der Waals surface area contributed by atoms with Crippen molar-refractivity contribution >= 4 is 17.3 Å². The van der Waals surface area contributed by atoms with E-state index < -0.39 is 12.2 Å². The Morgan fingerprint density at radius 2 is 2.06 bits per heavy atom. The van der Waals surface area contributed by atoms with Gasteiger partial charge < -0.3 is 19.8 Å². The molecule has 0 bridgehead atoms. The third-order valence-electron chi connectivity index (χ3n) is 2.71. The van der Waals surface area contributed by atoms with Gasteiger partial charge in [-0.2, -0.15) is 0 Å². The number of anilines is 1. The second kappa shape index (κ2) is 6.95. The SMILES string of the molecule is COCC(O)CN(C)c1ccc([C@H](C)O)cc1Cl. The molecule has 0 aliphatic carbocycles. The molecule has 0 spiro atoms. The van der Waals surface area contributed by atoms with Gasteiger partial charge in [0.25, 0.3) is 0 Å². The quantitative estimate of drug-likeness (QED) is 0.830. The molecule has 102 valence electrons. The van der Waals surface area contributed by atoms with Crippen LogP contribution in [0.25, 0.3) is 0 Å². The van der Waals surface area contributed by atoms with Gasteiger partial charge in [0.15, 0.2) is 0 Å². The van der Waals surface area contributed by atoms with E-state index >= 15 is 0 Å². The Bertz CT molecular complexity index is 384. The van der Waals surface area contributed by atoms with E-state index in [0.29, 0.717) is 11.6 Å². The summed E-state index contributed by atoms with van der Waals surface area (Å²) in [7, 11) is 3.40. The first-order chi connectivity index (χ1) is 8.45. The maximum absolute atomic E-state index is 9.66. The van der Waals surface area contributed by atoms with Crippen molar-refractivity contribution in [1.82, 2.24) is 0 Å². The number of aliphatic hydroxyl groups is 2. The van der Waals surface area contributed by atoms with Crippen molar-refractivity contribution in [3.8, 4) is 0 Å². The molecule has 1 aromatic rings. The molecular formula is C13H20ClNO3. The third-order valence-corrected chi connectivity index (χ3v) is 3.01. The van der Waals surface area contributed by atoms with Crippen LogP contribution in [0.3, 0.4) is 0 Å². The lowest BCUT2D eigenvalue weighted by Crippen LogP contribution is -2.32. The number of ether oxygens (including phenoxy) is 1. The summed E-state index contributed by atoms with van der Waals surface area (Å²) in [4.78, 5) is 1.86. The van der Waals surface area contributed by atoms with Crippen molar-refractivity contribution in [3.05, 3.63) is 28.8 Å². The molecule has 0 aromatic heterocycles. The van der Waals surface area contributed by atoms with Gasteiger partial charge in [-0.25, -0.2) is 0 Å². The van der Waals surface area contributed by atoms with Gasteiger partial charge in [0.1, 0.15) is 0 Å². The van der Waals surface area contributed by atoms with E-state index in [1.54, 1.807) is 20.1 Å². The van der Waals surface area contributed by atoms with Crippen molar-refractivity contribution in [2.45, 2.75) is 19.1 Å². The monoisotopic (exact) mass is 273 g/mol. The molecule has 0 fully saturated rings. The van der Waals surface area contributed by atoms with Crippen molar-refractivity contribution in [2.75, 3.05) is 32.2 Å². The second-order valence-corrected chi connectivity index (χ2v) is 4.78. The minimum atomic E-state index is -0.562. The van der Waals surface area contributed by atoms with Crippen LogP contribution in [0.1, 0.15) is 18.6 Å². The highest BCUT2D eigenvalue weighted by atomic mass is 35.5. The molecule has 2 N–H and O–H groups in total. The van der Waals surface area contributed by atoms with E-state index in [1.165, 1.54) is 0 Å². The highest BCUT2D eigenvalue weighted by Crippen LogP contribution is 2.28. The summed E-state index contributed by atoms with van der Waals surface area (Å²) in [6.07, 6.45) is -1.10. The van der Waals surface area contributed by atoms with Crippen LogP contribution in [0.15, 0.2) is 18.2 Å². The molecular weight excluding hydrogens is 254 g/mol.